The molecule has 8 heteroatoms. The summed E-state index contributed by atoms with van der Waals surface area (Å²) in [5.74, 6) is 0.598. The van der Waals surface area contributed by atoms with Gasteiger partial charge in [-0.05, 0) is 23.8 Å². The Balaban J connectivity index is 1.50. The molecule has 1 N–H and O–H groups in total. The van der Waals surface area contributed by atoms with E-state index in [0.717, 1.165) is 33.3 Å². The minimum Gasteiger partial charge on any atom is -0.345 e. The lowest BCUT2D eigenvalue weighted by atomic mass is 10.1. The van der Waals surface area contributed by atoms with Gasteiger partial charge in [-0.3, -0.25) is 4.68 Å². The second-order valence-corrected chi connectivity index (χ2v) is 6.55. The van der Waals surface area contributed by atoms with Crippen molar-refractivity contribution in [2.45, 2.75) is 6.42 Å². The summed E-state index contributed by atoms with van der Waals surface area (Å²) < 4.78 is 20.6. The minimum atomic E-state index is -0.285. The zero-order valence-corrected chi connectivity index (χ0v) is 14.9. The number of nitrogens with zero attached hydrogens (tertiary/aromatic N) is 5. The highest BCUT2D eigenvalue weighted by Gasteiger charge is 2.16. The van der Waals surface area contributed by atoms with Gasteiger partial charge in [0, 0.05) is 48.6 Å². The van der Waals surface area contributed by atoms with Gasteiger partial charge < -0.3 is 9.51 Å². The topological polar surface area (TPSA) is 85.4 Å². The summed E-state index contributed by atoms with van der Waals surface area (Å²) in [5.41, 5.74) is 4.20. The predicted molar refractivity (Wildman–Crippen MR) is 101 cm³/mol. The molecule has 1 aromatic carbocycles. The van der Waals surface area contributed by atoms with Crippen molar-refractivity contribution >= 4 is 11.0 Å². The molecule has 0 aliphatic rings. The monoisotopic (exact) mass is 374 g/mol. The average Bonchev–Trinajstić information content (AvgIpc) is 3.40. The maximum absolute atomic E-state index is 13.4. The van der Waals surface area contributed by atoms with Crippen molar-refractivity contribution in [3.8, 4) is 22.6 Å². The lowest BCUT2D eigenvalue weighted by Crippen LogP contribution is -1.91. The molecule has 0 unspecified atom stereocenters. The number of hydrogen-bond acceptors (Lipinski definition) is 5. The van der Waals surface area contributed by atoms with Gasteiger partial charge in [-0.25, -0.2) is 9.37 Å². The molecule has 0 spiro atoms. The second-order valence-electron chi connectivity index (χ2n) is 6.55. The maximum Gasteiger partial charge on any atom is 0.260 e. The average molecular weight is 374 g/mol. The largest absolute Gasteiger partial charge is 0.345 e. The Morgan fingerprint density at radius 3 is 2.93 bits per heavy atom. The van der Waals surface area contributed by atoms with E-state index in [1.54, 1.807) is 29.3 Å². The first kappa shape index (κ1) is 16.4. The highest BCUT2D eigenvalue weighted by Crippen LogP contribution is 2.30. The van der Waals surface area contributed by atoms with Gasteiger partial charge in [0.15, 0.2) is 5.82 Å². The number of halogens is 1. The van der Waals surface area contributed by atoms with E-state index in [2.05, 4.69) is 25.2 Å². The third-order valence-corrected chi connectivity index (χ3v) is 4.52. The molecular formula is C20H15FN6O. The molecule has 138 valence electrons. The van der Waals surface area contributed by atoms with Crippen LogP contribution >= 0.6 is 0 Å². The molecule has 0 aliphatic heterocycles. The molecule has 0 saturated carbocycles. The van der Waals surface area contributed by atoms with Crippen LogP contribution in [0.25, 0.3) is 33.6 Å². The number of rotatable bonds is 4. The zero-order chi connectivity index (χ0) is 19.1. The van der Waals surface area contributed by atoms with Gasteiger partial charge >= 0.3 is 0 Å². The maximum atomic E-state index is 13.4. The van der Waals surface area contributed by atoms with E-state index in [0.29, 0.717) is 18.1 Å². The highest BCUT2D eigenvalue weighted by atomic mass is 19.1. The third kappa shape index (κ3) is 2.94. The summed E-state index contributed by atoms with van der Waals surface area (Å²) in [7, 11) is 1.87. The van der Waals surface area contributed by atoms with Crippen LogP contribution in [0.15, 0.2) is 59.6 Å². The van der Waals surface area contributed by atoms with Gasteiger partial charge in [0.1, 0.15) is 11.5 Å². The van der Waals surface area contributed by atoms with Crippen LogP contribution in [0, 0.1) is 5.82 Å². The molecule has 0 atom stereocenters. The van der Waals surface area contributed by atoms with Gasteiger partial charge in [0.25, 0.3) is 5.89 Å². The predicted octanol–water partition coefficient (Wildman–Crippen LogP) is 3.74. The molecule has 0 radical (unpaired) electrons. The number of H-pyrrole nitrogens is 1. The molecule has 7 nitrogen and oxygen atoms in total. The molecule has 4 aromatic heterocycles. The number of aryl methyl sites for hydroxylation is 1. The van der Waals surface area contributed by atoms with E-state index in [9.17, 15) is 4.39 Å². The van der Waals surface area contributed by atoms with Crippen molar-refractivity contribution in [2.75, 3.05) is 0 Å². The van der Waals surface area contributed by atoms with Crippen LogP contribution < -0.4 is 0 Å². The van der Waals surface area contributed by atoms with Crippen molar-refractivity contribution in [3.05, 3.63) is 72.3 Å². The van der Waals surface area contributed by atoms with Gasteiger partial charge in [-0.15, -0.1) is 0 Å². The van der Waals surface area contributed by atoms with Crippen molar-refractivity contribution < 1.29 is 8.91 Å². The first-order valence-corrected chi connectivity index (χ1v) is 8.69. The van der Waals surface area contributed by atoms with Crippen molar-refractivity contribution in [3.63, 3.8) is 0 Å². The second kappa shape index (κ2) is 6.41. The summed E-state index contributed by atoms with van der Waals surface area (Å²) in [6.07, 6.45) is 7.70. The van der Waals surface area contributed by atoms with E-state index in [1.165, 1.54) is 12.1 Å². The van der Waals surface area contributed by atoms with Crippen molar-refractivity contribution in [1.82, 2.24) is 29.9 Å². The molecule has 0 aliphatic carbocycles. The van der Waals surface area contributed by atoms with Crippen LogP contribution in [0.4, 0.5) is 4.39 Å². The lowest BCUT2D eigenvalue weighted by Gasteiger charge is -1.98. The Kier molecular flexibility index (Phi) is 3.75. The minimum absolute atomic E-state index is 0.285. The zero-order valence-electron chi connectivity index (χ0n) is 14.9. The Bertz CT molecular complexity index is 1280. The highest BCUT2D eigenvalue weighted by molar-refractivity contribution is 5.93. The first-order chi connectivity index (χ1) is 13.7. The normalized spacial score (nSPS) is 11.4. The number of benzene rings is 1. The quantitative estimate of drug-likeness (QED) is 0.518. The lowest BCUT2D eigenvalue weighted by molar-refractivity contribution is 0.424. The summed E-state index contributed by atoms with van der Waals surface area (Å²) in [5, 5.41) is 9.11. The van der Waals surface area contributed by atoms with Crippen LogP contribution in [0.1, 0.15) is 11.4 Å². The van der Waals surface area contributed by atoms with E-state index < -0.39 is 0 Å². The molecular weight excluding hydrogens is 359 g/mol. The van der Waals surface area contributed by atoms with E-state index in [-0.39, 0.29) is 5.82 Å². The van der Waals surface area contributed by atoms with Crippen LogP contribution in [0.2, 0.25) is 0 Å². The molecule has 0 bridgehead atoms. The Labute approximate surface area is 158 Å². The fourth-order valence-electron chi connectivity index (χ4n) is 3.17. The molecule has 0 fully saturated rings. The third-order valence-electron chi connectivity index (χ3n) is 4.52. The molecule has 0 saturated heterocycles. The molecule has 0 amide bonds. The summed E-state index contributed by atoms with van der Waals surface area (Å²) in [6, 6.07) is 8.38. The van der Waals surface area contributed by atoms with Gasteiger partial charge in [-0.1, -0.05) is 17.3 Å². The van der Waals surface area contributed by atoms with E-state index in [4.69, 9.17) is 4.52 Å². The van der Waals surface area contributed by atoms with Crippen LogP contribution in [-0.4, -0.2) is 29.9 Å². The van der Waals surface area contributed by atoms with Crippen LogP contribution in [-0.2, 0) is 13.5 Å². The molecule has 28 heavy (non-hydrogen) atoms. The fraction of sp³-hybridized carbons (Fsp3) is 0.100. The molecule has 5 rings (SSSR count). The van der Waals surface area contributed by atoms with E-state index >= 15 is 0 Å². The van der Waals surface area contributed by atoms with Crippen LogP contribution in [0.3, 0.4) is 0 Å². The number of fused-ring (bicyclic) bond motifs is 1. The molecule has 4 heterocycles. The number of hydrogen-bond donors (Lipinski definition) is 1. The van der Waals surface area contributed by atoms with Gasteiger partial charge in [0.2, 0.25) is 0 Å². The van der Waals surface area contributed by atoms with E-state index in [1.807, 2.05) is 25.4 Å². The summed E-state index contributed by atoms with van der Waals surface area (Å²) in [6.45, 7) is 0. The Morgan fingerprint density at radius 1 is 1.18 bits per heavy atom. The first-order valence-electron chi connectivity index (χ1n) is 8.69. The van der Waals surface area contributed by atoms with Gasteiger partial charge in [0.05, 0.1) is 11.8 Å². The van der Waals surface area contributed by atoms with Crippen molar-refractivity contribution in [1.29, 1.82) is 0 Å². The number of nitrogens with one attached hydrogen (secondary N) is 1. The Morgan fingerprint density at radius 2 is 2.11 bits per heavy atom. The smallest absolute Gasteiger partial charge is 0.260 e. The number of aromatic nitrogens is 6. The summed E-state index contributed by atoms with van der Waals surface area (Å²) in [4.78, 5) is 12.1. The van der Waals surface area contributed by atoms with Crippen molar-refractivity contribution in [2.24, 2.45) is 7.05 Å². The van der Waals surface area contributed by atoms with Crippen LogP contribution in [0.5, 0.6) is 0 Å². The van der Waals surface area contributed by atoms with Gasteiger partial charge in [-0.2, -0.15) is 10.1 Å². The standard InChI is InChI=1S/C20H15FN6O/c1-27-11-14(9-24-27)13-7-16-17(10-23-19(16)22-8-13)20-25-18(26-28-20)6-12-3-2-4-15(21)5-12/h2-5,7-11H,6H2,1H3,(H,22,23). The fourth-order valence-corrected chi connectivity index (χ4v) is 3.17. The Hall–Kier alpha value is -3.81. The molecule has 5 aromatic rings. The SMILES string of the molecule is Cn1cc(-c2cnc3[nH]cc(-c4nc(Cc5cccc(F)c5)no4)c3c2)cn1. The summed E-state index contributed by atoms with van der Waals surface area (Å²) >= 11 is 0. The number of aromatic amines is 1. The number of pyridine rings is 1.